The van der Waals surface area contributed by atoms with E-state index < -0.39 is 0 Å². The Morgan fingerprint density at radius 3 is 2.67 bits per heavy atom. The Morgan fingerprint density at radius 2 is 2.05 bits per heavy atom. The smallest absolute Gasteiger partial charge is 0.108 e. The van der Waals surface area contributed by atoms with Gasteiger partial charge in [0.2, 0.25) is 0 Å². The molecular formula is C18H25N3. The topological polar surface area (TPSA) is 29.9 Å². The number of hydrogen-bond acceptors (Lipinski definition) is 2. The van der Waals surface area contributed by atoms with Crippen molar-refractivity contribution in [3.8, 4) is 0 Å². The number of benzene rings is 1. The van der Waals surface area contributed by atoms with Crippen LogP contribution in [-0.4, -0.2) is 22.1 Å². The maximum Gasteiger partial charge on any atom is 0.108 e. The molecule has 3 nitrogen and oxygen atoms in total. The zero-order valence-electron chi connectivity index (χ0n) is 13.0. The first kappa shape index (κ1) is 14.3. The third kappa shape index (κ3) is 3.94. The van der Waals surface area contributed by atoms with Crippen molar-refractivity contribution in [2.45, 2.75) is 44.6 Å². The molecule has 1 aliphatic rings. The van der Waals surface area contributed by atoms with Gasteiger partial charge in [-0.3, -0.25) is 0 Å². The third-order valence-electron chi connectivity index (χ3n) is 4.42. The van der Waals surface area contributed by atoms with E-state index in [9.17, 15) is 0 Å². The predicted octanol–water partition coefficient (Wildman–Crippen LogP) is 3.20. The van der Waals surface area contributed by atoms with Crippen molar-refractivity contribution in [1.82, 2.24) is 14.9 Å². The zero-order valence-corrected chi connectivity index (χ0v) is 13.0. The number of imidazole rings is 1. The first-order chi connectivity index (χ1) is 10.2. The number of hydrogen-bond donors (Lipinski definition) is 1. The summed E-state index contributed by atoms with van der Waals surface area (Å²) < 4.78 is 2.13. The normalized spacial score (nSPS) is 16.1. The Hall–Kier alpha value is -1.61. The minimum absolute atomic E-state index is 0.572. The maximum atomic E-state index is 4.45. The van der Waals surface area contributed by atoms with Gasteiger partial charge in [0.05, 0.1) is 0 Å². The van der Waals surface area contributed by atoms with E-state index in [2.05, 4.69) is 53.1 Å². The van der Waals surface area contributed by atoms with E-state index in [1.54, 1.807) is 0 Å². The molecular weight excluding hydrogens is 258 g/mol. The molecule has 3 heteroatoms. The van der Waals surface area contributed by atoms with E-state index >= 15 is 0 Å². The lowest BCUT2D eigenvalue weighted by molar-refractivity contribution is 0.538. The Balaban J connectivity index is 1.65. The van der Waals surface area contributed by atoms with Crippen LogP contribution in [0.15, 0.2) is 36.7 Å². The molecule has 112 valence electrons. The summed E-state index contributed by atoms with van der Waals surface area (Å²) in [6.45, 7) is 3.23. The molecule has 0 radical (unpaired) electrons. The van der Waals surface area contributed by atoms with Crippen molar-refractivity contribution < 1.29 is 0 Å². The minimum atomic E-state index is 0.572. The lowest BCUT2D eigenvalue weighted by Crippen LogP contribution is -2.24. The highest BCUT2D eigenvalue weighted by molar-refractivity contribution is 5.25. The Kier molecular flexibility index (Phi) is 4.39. The summed E-state index contributed by atoms with van der Waals surface area (Å²) in [5.74, 6) is 1.75. The molecule has 1 aliphatic carbocycles. The maximum absolute atomic E-state index is 4.45. The fourth-order valence-corrected chi connectivity index (χ4v) is 2.76. The highest BCUT2D eigenvalue weighted by atomic mass is 15.0. The second-order valence-corrected chi connectivity index (χ2v) is 6.28. The predicted molar refractivity (Wildman–Crippen MR) is 86.5 cm³/mol. The minimum Gasteiger partial charge on any atom is -0.338 e. The molecule has 1 aromatic heterocycles. The molecule has 1 atom stereocenters. The molecule has 1 fully saturated rings. The molecule has 1 unspecified atom stereocenters. The van der Waals surface area contributed by atoms with Gasteiger partial charge in [-0.2, -0.15) is 0 Å². The molecule has 21 heavy (non-hydrogen) atoms. The van der Waals surface area contributed by atoms with Gasteiger partial charge < -0.3 is 9.88 Å². The molecule has 0 amide bonds. The standard InChI is InChI=1S/C18H25N3/c1-14-3-5-15(6-4-14)16(13-20-17-8-9-17)7-10-18-19-11-12-21(18)2/h3-6,11-12,16-17,20H,7-10,13H2,1-2H3. The van der Waals surface area contributed by atoms with Crippen LogP contribution in [0.4, 0.5) is 0 Å². The first-order valence-corrected chi connectivity index (χ1v) is 7.98. The molecule has 1 saturated carbocycles. The van der Waals surface area contributed by atoms with Gasteiger partial charge in [-0.05, 0) is 37.7 Å². The summed E-state index contributed by atoms with van der Waals surface area (Å²) in [5, 5.41) is 3.69. The van der Waals surface area contributed by atoms with E-state index in [-0.39, 0.29) is 0 Å². The van der Waals surface area contributed by atoms with Crippen LogP contribution in [0.25, 0.3) is 0 Å². The third-order valence-corrected chi connectivity index (χ3v) is 4.42. The van der Waals surface area contributed by atoms with Gasteiger partial charge in [-0.1, -0.05) is 29.8 Å². The lowest BCUT2D eigenvalue weighted by Gasteiger charge is -2.18. The van der Waals surface area contributed by atoms with Gasteiger partial charge in [0.1, 0.15) is 5.82 Å². The van der Waals surface area contributed by atoms with E-state index in [1.807, 2.05) is 12.4 Å². The summed E-state index contributed by atoms with van der Waals surface area (Å²) >= 11 is 0. The van der Waals surface area contributed by atoms with Crippen LogP contribution in [0.3, 0.4) is 0 Å². The highest BCUT2D eigenvalue weighted by Crippen LogP contribution is 2.24. The van der Waals surface area contributed by atoms with Crippen LogP contribution < -0.4 is 5.32 Å². The van der Waals surface area contributed by atoms with Gasteiger partial charge in [-0.25, -0.2) is 4.98 Å². The van der Waals surface area contributed by atoms with E-state index in [4.69, 9.17) is 0 Å². The van der Waals surface area contributed by atoms with Gasteiger partial charge in [0.15, 0.2) is 0 Å². The highest BCUT2D eigenvalue weighted by Gasteiger charge is 2.22. The molecule has 0 saturated heterocycles. The summed E-state index contributed by atoms with van der Waals surface area (Å²) in [6.07, 6.45) is 8.79. The van der Waals surface area contributed by atoms with Crippen molar-refractivity contribution in [2.75, 3.05) is 6.54 Å². The average Bonchev–Trinajstić information content (AvgIpc) is 3.22. The molecule has 0 aliphatic heterocycles. The molecule has 1 heterocycles. The molecule has 1 aromatic carbocycles. The van der Waals surface area contributed by atoms with Crippen molar-refractivity contribution in [1.29, 1.82) is 0 Å². The number of rotatable bonds is 7. The van der Waals surface area contributed by atoms with Gasteiger partial charge >= 0.3 is 0 Å². The van der Waals surface area contributed by atoms with E-state index in [0.717, 1.165) is 25.4 Å². The fraction of sp³-hybridized carbons (Fsp3) is 0.500. The zero-order chi connectivity index (χ0) is 14.7. The van der Waals surface area contributed by atoms with E-state index in [0.29, 0.717) is 5.92 Å². The molecule has 2 aromatic rings. The number of nitrogens with zero attached hydrogens (tertiary/aromatic N) is 2. The molecule has 3 rings (SSSR count). The lowest BCUT2D eigenvalue weighted by atomic mass is 9.93. The van der Waals surface area contributed by atoms with Crippen molar-refractivity contribution in [3.63, 3.8) is 0 Å². The van der Waals surface area contributed by atoms with Crippen LogP contribution in [0, 0.1) is 6.92 Å². The Morgan fingerprint density at radius 1 is 1.29 bits per heavy atom. The summed E-state index contributed by atoms with van der Waals surface area (Å²) in [6, 6.07) is 9.78. The van der Waals surface area contributed by atoms with Crippen LogP contribution in [0.1, 0.15) is 42.1 Å². The van der Waals surface area contributed by atoms with Crippen LogP contribution in [0.2, 0.25) is 0 Å². The quantitative estimate of drug-likeness (QED) is 0.845. The van der Waals surface area contributed by atoms with Crippen molar-refractivity contribution >= 4 is 0 Å². The Labute approximate surface area is 127 Å². The summed E-state index contributed by atoms with van der Waals surface area (Å²) in [5.41, 5.74) is 2.78. The van der Waals surface area contributed by atoms with Crippen molar-refractivity contribution in [3.05, 3.63) is 53.6 Å². The fourth-order valence-electron chi connectivity index (χ4n) is 2.76. The van der Waals surface area contributed by atoms with Crippen LogP contribution >= 0.6 is 0 Å². The number of aromatic nitrogens is 2. The van der Waals surface area contributed by atoms with Crippen LogP contribution in [-0.2, 0) is 13.5 Å². The van der Waals surface area contributed by atoms with E-state index in [1.165, 1.54) is 29.8 Å². The largest absolute Gasteiger partial charge is 0.338 e. The number of aryl methyl sites for hydroxylation is 3. The Bertz CT molecular complexity index is 566. The van der Waals surface area contributed by atoms with Gasteiger partial charge in [-0.15, -0.1) is 0 Å². The number of nitrogens with one attached hydrogen (secondary N) is 1. The molecule has 1 N–H and O–H groups in total. The second kappa shape index (κ2) is 6.44. The van der Waals surface area contributed by atoms with Gasteiger partial charge in [0.25, 0.3) is 0 Å². The van der Waals surface area contributed by atoms with Gasteiger partial charge in [0, 0.05) is 38.4 Å². The summed E-state index contributed by atoms with van der Waals surface area (Å²) in [7, 11) is 2.08. The van der Waals surface area contributed by atoms with Crippen molar-refractivity contribution in [2.24, 2.45) is 7.05 Å². The summed E-state index contributed by atoms with van der Waals surface area (Å²) in [4.78, 5) is 4.45. The second-order valence-electron chi connectivity index (χ2n) is 6.28. The average molecular weight is 283 g/mol. The SMILES string of the molecule is Cc1ccc(C(CCc2nccn2C)CNC2CC2)cc1. The first-order valence-electron chi connectivity index (χ1n) is 7.98. The molecule has 0 bridgehead atoms. The monoisotopic (exact) mass is 283 g/mol. The molecule has 0 spiro atoms. The van der Waals surface area contributed by atoms with Crippen LogP contribution in [0.5, 0.6) is 0 Å².